The van der Waals surface area contributed by atoms with Gasteiger partial charge in [0.1, 0.15) is 11.3 Å². The average molecular weight is 461 g/mol. The minimum Gasteiger partial charge on any atom is -0.506 e. The van der Waals surface area contributed by atoms with E-state index in [2.05, 4.69) is 0 Å². The molecule has 4 rings (SSSR count). The van der Waals surface area contributed by atoms with Gasteiger partial charge in [0, 0.05) is 23.3 Å². The molecule has 0 aromatic heterocycles. The molecule has 0 atom stereocenters. The van der Waals surface area contributed by atoms with Crippen molar-refractivity contribution >= 4 is 40.7 Å². The maximum absolute atomic E-state index is 12.8. The molecular formula is C23H18F3NO4S. The van der Waals surface area contributed by atoms with Gasteiger partial charge in [0.05, 0.1) is 23.5 Å². The van der Waals surface area contributed by atoms with Crippen LogP contribution >= 0.6 is 11.8 Å². The number of rotatable bonds is 3. The van der Waals surface area contributed by atoms with Crippen molar-refractivity contribution in [3.8, 4) is 0 Å². The molecule has 1 heterocycles. The first-order chi connectivity index (χ1) is 15.1. The van der Waals surface area contributed by atoms with Gasteiger partial charge >= 0.3 is 6.18 Å². The number of carbonyl (C=O) groups is 3. The van der Waals surface area contributed by atoms with Crippen molar-refractivity contribution < 1.29 is 32.7 Å². The van der Waals surface area contributed by atoms with Crippen LogP contribution in [-0.4, -0.2) is 28.3 Å². The predicted molar refractivity (Wildman–Crippen MR) is 113 cm³/mol. The number of thioether (sulfide) groups is 1. The van der Waals surface area contributed by atoms with Crippen LogP contribution in [0, 0.1) is 0 Å². The standard InChI is InChI=1S/C23H18F3NO4S/c24-23(25,26)15-7-4-13(5-8-15)11-27-16-10-14(6-9-19(16)32-12-20(27)30)22(31)21-17(28)2-1-3-18(21)29/h4-10,31H,1-3,11-12H2. The summed E-state index contributed by atoms with van der Waals surface area (Å²) < 4.78 is 38.5. The lowest BCUT2D eigenvalue weighted by molar-refractivity contribution is -0.137. The molecule has 0 radical (unpaired) electrons. The molecule has 166 valence electrons. The number of hydrogen-bond acceptors (Lipinski definition) is 5. The topological polar surface area (TPSA) is 74.7 Å². The van der Waals surface area contributed by atoms with Crippen molar-refractivity contribution in [2.24, 2.45) is 0 Å². The highest BCUT2D eigenvalue weighted by molar-refractivity contribution is 8.00. The molecular weight excluding hydrogens is 443 g/mol. The second-order valence-corrected chi connectivity index (χ2v) is 8.59. The van der Waals surface area contributed by atoms with Gasteiger partial charge in [0.15, 0.2) is 11.6 Å². The molecule has 0 bridgehead atoms. The number of hydrogen-bond donors (Lipinski definition) is 1. The Hall–Kier alpha value is -3.07. The summed E-state index contributed by atoms with van der Waals surface area (Å²) in [6.07, 6.45) is -3.63. The number of alkyl halides is 3. The number of carbonyl (C=O) groups excluding carboxylic acids is 3. The van der Waals surface area contributed by atoms with Crippen molar-refractivity contribution in [3.05, 3.63) is 64.7 Å². The summed E-state index contributed by atoms with van der Waals surface area (Å²) in [6, 6.07) is 9.37. The molecule has 5 nitrogen and oxygen atoms in total. The number of Topliss-reactive ketones (excluding diaryl/α,β-unsaturated/α-hetero) is 2. The van der Waals surface area contributed by atoms with Crippen molar-refractivity contribution in [1.29, 1.82) is 0 Å². The van der Waals surface area contributed by atoms with Crippen molar-refractivity contribution in [3.63, 3.8) is 0 Å². The summed E-state index contributed by atoms with van der Waals surface area (Å²) in [4.78, 5) is 39.2. The van der Waals surface area contributed by atoms with E-state index >= 15 is 0 Å². The van der Waals surface area contributed by atoms with Crippen molar-refractivity contribution in [2.45, 2.75) is 36.9 Å². The molecule has 32 heavy (non-hydrogen) atoms. The zero-order chi connectivity index (χ0) is 23.0. The number of halogens is 3. The fraction of sp³-hybridized carbons (Fsp3) is 0.261. The smallest absolute Gasteiger partial charge is 0.416 e. The number of nitrogens with zero attached hydrogens (tertiary/aromatic N) is 1. The van der Waals surface area contributed by atoms with Crippen LogP contribution in [0.2, 0.25) is 0 Å². The number of fused-ring (bicyclic) bond motifs is 1. The van der Waals surface area contributed by atoms with Gasteiger partial charge in [0.25, 0.3) is 0 Å². The van der Waals surface area contributed by atoms with Crippen LogP contribution in [0.1, 0.15) is 36.0 Å². The van der Waals surface area contributed by atoms with Gasteiger partial charge in [-0.15, -0.1) is 11.8 Å². The van der Waals surface area contributed by atoms with E-state index in [4.69, 9.17) is 0 Å². The lowest BCUT2D eigenvalue weighted by Crippen LogP contribution is -2.34. The molecule has 0 saturated heterocycles. The van der Waals surface area contributed by atoms with Crippen LogP contribution in [0.15, 0.2) is 52.9 Å². The normalized spacial score (nSPS) is 16.9. The minimum atomic E-state index is -4.45. The van der Waals surface area contributed by atoms with E-state index in [1.165, 1.54) is 34.9 Å². The van der Waals surface area contributed by atoms with Crippen LogP contribution < -0.4 is 4.90 Å². The zero-order valence-corrected chi connectivity index (χ0v) is 17.6. The maximum atomic E-state index is 12.8. The molecule has 1 N–H and O–H groups in total. The Morgan fingerprint density at radius 2 is 1.66 bits per heavy atom. The first-order valence-electron chi connectivity index (χ1n) is 9.88. The van der Waals surface area contributed by atoms with Crippen molar-refractivity contribution in [2.75, 3.05) is 10.7 Å². The summed E-state index contributed by atoms with van der Waals surface area (Å²) in [6.45, 7) is 0.0448. The van der Waals surface area contributed by atoms with Crippen LogP contribution in [0.25, 0.3) is 5.76 Å². The van der Waals surface area contributed by atoms with Gasteiger partial charge in [-0.2, -0.15) is 13.2 Å². The van der Waals surface area contributed by atoms with E-state index in [9.17, 15) is 32.7 Å². The van der Waals surface area contributed by atoms with Crippen LogP contribution in [0.4, 0.5) is 18.9 Å². The molecule has 2 aromatic carbocycles. The number of ketones is 2. The summed E-state index contributed by atoms with van der Waals surface area (Å²) >= 11 is 1.30. The lowest BCUT2D eigenvalue weighted by Gasteiger charge is -2.29. The summed E-state index contributed by atoms with van der Waals surface area (Å²) in [5.41, 5.74) is 0.208. The number of aliphatic hydroxyl groups is 1. The molecule has 2 aliphatic rings. The Labute approximate surface area is 185 Å². The second kappa shape index (κ2) is 8.46. The first-order valence-corrected chi connectivity index (χ1v) is 10.9. The van der Waals surface area contributed by atoms with Gasteiger partial charge in [-0.05, 0) is 42.3 Å². The Morgan fingerprint density at radius 3 is 2.28 bits per heavy atom. The molecule has 9 heteroatoms. The molecule has 1 fully saturated rings. The average Bonchev–Trinajstić information content (AvgIpc) is 2.75. The SMILES string of the molecule is O=C1CCCC(=O)C1=C(O)c1ccc2c(c1)N(Cc1ccc(C(F)(F)F)cc1)C(=O)CS2. The molecule has 1 aliphatic carbocycles. The third-order valence-corrected chi connectivity index (χ3v) is 6.45. The van der Waals surface area contributed by atoms with E-state index in [1.54, 1.807) is 12.1 Å². The number of aliphatic hydroxyl groups excluding tert-OH is 1. The highest BCUT2D eigenvalue weighted by Crippen LogP contribution is 2.39. The molecule has 1 aliphatic heterocycles. The van der Waals surface area contributed by atoms with E-state index in [1.807, 2.05) is 0 Å². The molecule has 0 spiro atoms. The first kappa shape index (κ1) is 22.1. The summed E-state index contributed by atoms with van der Waals surface area (Å²) in [5, 5.41) is 10.7. The van der Waals surface area contributed by atoms with Gasteiger partial charge in [-0.1, -0.05) is 12.1 Å². The van der Waals surface area contributed by atoms with Crippen LogP contribution in [-0.2, 0) is 27.1 Å². The second-order valence-electron chi connectivity index (χ2n) is 7.57. The Balaban J connectivity index is 1.69. The molecule has 1 saturated carbocycles. The summed E-state index contributed by atoms with van der Waals surface area (Å²) in [7, 11) is 0. The van der Waals surface area contributed by atoms with Gasteiger partial charge in [-0.25, -0.2) is 0 Å². The summed E-state index contributed by atoms with van der Waals surface area (Å²) in [5.74, 6) is -1.32. The fourth-order valence-corrected chi connectivity index (χ4v) is 4.64. The van der Waals surface area contributed by atoms with Gasteiger partial charge in [-0.3, -0.25) is 14.4 Å². The Bertz CT molecular complexity index is 1120. The third-order valence-electron chi connectivity index (χ3n) is 5.40. The van der Waals surface area contributed by atoms with Gasteiger partial charge in [0.2, 0.25) is 5.91 Å². The highest BCUT2D eigenvalue weighted by atomic mass is 32.2. The quantitative estimate of drug-likeness (QED) is 0.398. The number of benzene rings is 2. The maximum Gasteiger partial charge on any atom is 0.416 e. The highest BCUT2D eigenvalue weighted by Gasteiger charge is 2.31. The number of anilines is 1. The number of amides is 1. The molecule has 1 amide bonds. The Kier molecular flexibility index (Phi) is 5.85. The van der Waals surface area contributed by atoms with Crippen LogP contribution in [0.5, 0.6) is 0 Å². The molecule has 2 aromatic rings. The third kappa shape index (κ3) is 4.29. The van der Waals surface area contributed by atoms with E-state index < -0.39 is 29.1 Å². The largest absolute Gasteiger partial charge is 0.506 e. The van der Waals surface area contributed by atoms with Gasteiger partial charge < -0.3 is 10.0 Å². The van der Waals surface area contributed by atoms with Crippen LogP contribution in [0.3, 0.4) is 0 Å². The number of allylic oxidation sites excluding steroid dienone is 1. The lowest BCUT2D eigenvalue weighted by atomic mass is 9.89. The van der Waals surface area contributed by atoms with E-state index in [0.29, 0.717) is 17.7 Å². The van der Waals surface area contributed by atoms with E-state index in [0.717, 1.165) is 17.0 Å². The zero-order valence-electron chi connectivity index (χ0n) is 16.7. The Morgan fingerprint density at radius 1 is 1.00 bits per heavy atom. The molecule has 0 unspecified atom stereocenters. The minimum absolute atomic E-state index is 0.0448. The monoisotopic (exact) mass is 461 g/mol. The van der Waals surface area contributed by atoms with Crippen molar-refractivity contribution in [1.82, 2.24) is 0 Å². The predicted octanol–water partition coefficient (Wildman–Crippen LogP) is 4.94. The fourth-order valence-electron chi connectivity index (χ4n) is 3.73. The van der Waals surface area contributed by atoms with E-state index in [-0.39, 0.29) is 42.2 Å².